The van der Waals surface area contributed by atoms with E-state index in [1.54, 1.807) is 13.2 Å². The first-order chi connectivity index (χ1) is 11.7. The van der Waals surface area contributed by atoms with Crippen molar-refractivity contribution in [2.24, 2.45) is 10.9 Å². The van der Waals surface area contributed by atoms with Crippen molar-refractivity contribution in [3.63, 3.8) is 0 Å². The van der Waals surface area contributed by atoms with Gasteiger partial charge in [-0.15, -0.1) is 24.0 Å². The first-order valence-corrected chi connectivity index (χ1v) is 8.57. The Kier molecular flexibility index (Phi) is 9.96. The van der Waals surface area contributed by atoms with Crippen LogP contribution in [0, 0.1) is 5.92 Å². The Balaban J connectivity index is 0.00000312. The first-order valence-electron chi connectivity index (χ1n) is 8.57. The van der Waals surface area contributed by atoms with Crippen LogP contribution in [-0.4, -0.2) is 63.0 Å². The van der Waals surface area contributed by atoms with E-state index >= 15 is 0 Å². The third kappa shape index (κ3) is 6.54. The second-order valence-electron chi connectivity index (χ2n) is 6.06. The Morgan fingerprint density at radius 1 is 1.48 bits per heavy atom. The normalized spacial score (nSPS) is 17.1. The fourth-order valence-corrected chi connectivity index (χ4v) is 2.89. The Morgan fingerprint density at radius 2 is 2.28 bits per heavy atom. The van der Waals surface area contributed by atoms with Crippen LogP contribution in [0.2, 0.25) is 0 Å². The number of phenols is 1. The molecule has 0 aliphatic carbocycles. The van der Waals surface area contributed by atoms with Crippen molar-refractivity contribution >= 4 is 29.9 Å². The molecular formula is C18H30IN3O3. The third-order valence-electron chi connectivity index (χ3n) is 4.20. The zero-order valence-electron chi connectivity index (χ0n) is 15.3. The number of para-hydroxylation sites is 1. The average molecular weight is 463 g/mol. The monoisotopic (exact) mass is 463 g/mol. The van der Waals surface area contributed by atoms with Crippen LogP contribution in [0.4, 0.5) is 0 Å². The highest BCUT2D eigenvalue weighted by atomic mass is 127. The maximum absolute atomic E-state index is 10.1. The van der Waals surface area contributed by atoms with Gasteiger partial charge in [-0.25, -0.2) is 0 Å². The number of nitrogens with one attached hydrogen (secondary N) is 1. The van der Waals surface area contributed by atoms with Crippen LogP contribution in [0.5, 0.6) is 11.5 Å². The molecular weight excluding hydrogens is 433 g/mol. The number of benzene rings is 1. The van der Waals surface area contributed by atoms with E-state index in [0.717, 1.165) is 44.2 Å². The number of halogens is 1. The number of hydrogen-bond donors (Lipinski definition) is 2. The molecule has 0 amide bonds. The molecule has 6 nitrogen and oxygen atoms in total. The van der Waals surface area contributed by atoms with Gasteiger partial charge >= 0.3 is 0 Å². The molecule has 2 rings (SSSR count). The molecule has 1 aliphatic heterocycles. The Labute approximate surface area is 167 Å². The van der Waals surface area contributed by atoms with Crippen LogP contribution in [0.15, 0.2) is 23.2 Å². The predicted molar refractivity (Wildman–Crippen MR) is 111 cm³/mol. The summed E-state index contributed by atoms with van der Waals surface area (Å²) >= 11 is 0. The Morgan fingerprint density at radius 3 is 2.92 bits per heavy atom. The summed E-state index contributed by atoms with van der Waals surface area (Å²) in [4.78, 5) is 6.85. The predicted octanol–water partition coefficient (Wildman–Crippen LogP) is 2.50. The number of aromatic hydroxyl groups is 1. The molecule has 0 aromatic heterocycles. The fraction of sp³-hybridized carbons (Fsp3) is 0.611. The highest BCUT2D eigenvalue weighted by molar-refractivity contribution is 14.0. The van der Waals surface area contributed by atoms with E-state index in [9.17, 15) is 5.11 Å². The van der Waals surface area contributed by atoms with Gasteiger partial charge in [0.2, 0.25) is 0 Å². The summed E-state index contributed by atoms with van der Waals surface area (Å²) in [6, 6.07) is 5.54. The van der Waals surface area contributed by atoms with Crippen LogP contribution in [0.1, 0.15) is 18.9 Å². The lowest BCUT2D eigenvalue weighted by Crippen LogP contribution is -2.41. The topological polar surface area (TPSA) is 66.3 Å². The molecule has 1 atom stereocenters. The van der Waals surface area contributed by atoms with Crippen molar-refractivity contribution in [3.8, 4) is 11.5 Å². The first kappa shape index (κ1) is 21.8. The number of hydrogen-bond acceptors (Lipinski definition) is 4. The average Bonchev–Trinajstić information content (AvgIpc) is 3.08. The van der Waals surface area contributed by atoms with Gasteiger partial charge in [0.1, 0.15) is 0 Å². The maximum atomic E-state index is 10.1. The quantitative estimate of drug-likeness (QED) is 0.370. The number of methoxy groups -OCH3 is 1. The molecule has 7 heteroatoms. The number of phenolic OH excluding ortho intramolecular Hbond substituents is 1. The van der Waals surface area contributed by atoms with E-state index in [2.05, 4.69) is 29.2 Å². The van der Waals surface area contributed by atoms with E-state index < -0.39 is 0 Å². The Bertz CT molecular complexity index is 548. The standard InChI is InChI=1S/C18H29N3O3.HI/c1-4-19-18(21(2)12-14-9-11-24-13-14)20-10-8-15-6-5-7-16(23-3)17(15)22;/h5-7,14,22H,4,8-13H2,1-3H3,(H,19,20);1H. The highest BCUT2D eigenvalue weighted by Crippen LogP contribution is 2.29. The molecule has 1 aromatic rings. The lowest BCUT2D eigenvalue weighted by molar-refractivity contribution is 0.181. The summed E-state index contributed by atoms with van der Waals surface area (Å²) in [5.41, 5.74) is 0.848. The molecule has 2 N–H and O–H groups in total. The molecule has 1 aromatic carbocycles. The van der Waals surface area contributed by atoms with Gasteiger partial charge in [0.25, 0.3) is 0 Å². The summed E-state index contributed by atoms with van der Waals surface area (Å²) in [5, 5.41) is 13.5. The van der Waals surface area contributed by atoms with E-state index in [-0.39, 0.29) is 29.7 Å². The summed E-state index contributed by atoms with van der Waals surface area (Å²) in [6.07, 6.45) is 1.78. The molecule has 1 fully saturated rings. The van der Waals surface area contributed by atoms with E-state index in [1.807, 2.05) is 12.1 Å². The van der Waals surface area contributed by atoms with Gasteiger partial charge in [-0.3, -0.25) is 4.99 Å². The van der Waals surface area contributed by atoms with Gasteiger partial charge in [-0.1, -0.05) is 12.1 Å². The summed E-state index contributed by atoms with van der Waals surface area (Å²) in [6.45, 7) is 6.14. The molecule has 1 heterocycles. The zero-order valence-corrected chi connectivity index (χ0v) is 17.7. The number of guanidine groups is 1. The fourth-order valence-electron chi connectivity index (χ4n) is 2.89. The second kappa shape index (κ2) is 11.4. The molecule has 0 bridgehead atoms. The molecule has 1 unspecified atom stereocenters. The minimum absolute atomic E-state index is 0. The minimum Gasteiger partial charge on any atom is -0.504 e. The number of ether oxygens (including phenoxy) is 2. The van der Waals surface area contributed by atoms with Crippen molar-refractivity contribution in [2.45, 2.75) is 19.8 Å². The van der Waals surface area contributed by atoms with E-state index in [1.165, 1.54) is 0 Å². The van der Waals surface area contributed by atoms with E-state index in [0.29, 0.717) is 24.6 Å². The molecule has 142 valence electrons. The second-order valence-corrected chi connectivity index (χ2v) is 6.06. The summed E-state index contributed by atoms with van der Waals surface area (Å²) < 4.78 is 10.6. The number of nitrogens with zero attached hydrogens (tertiary/aromatic N) is 2. The van der Waals surface area contributed by atoms with Crippen molar-refractivity contribution in [3.05, 3.63) is 23.8 Å². The lowest BCUT2D eigenvalue weighted by Gasteiger charge is -2.24. The van der Waals surface area contributed by atoms with Gasteiger partial charge in [0, 0.05) is 39.2 Å². The maximum Gasteiger partial charge on any atom is 0.193 e. The van der Waals surface area contributed by atoms with Crippen molar-refractivity contribution < 1.29 is 14.6 Å². The summed E-state index contributed by atoms with van der Waals surface area (Å²) in [7, 11) is 3.62. The van der Waals surface area contributed by atoms with Crippen molar-refractivity contribution in [1.82, 2.24) is 10.2 Å². The van der Waals surface area contributed by atoms with Gasteiger partial charge in [0.05, 0.1) is 13.7 Å². The molecule has 1 saturated heterocycles. The number of aliphatic imine (C=N–C) groups is 1. The molecule has 25 heavy (non-hydrogen) atoms. The SMILES string of the molecule is CCNC(=NCCc1cccc(OC)c1O)N(C)CC1CCOC1.I. The van der Waals surface area contributed by atoms with Crippen LogP contribution in [0.3, 0.4) is 0 Å². The van der Waals surface area contributed by atoms with Gasteiger partial charge in [-0.05, 0) is 31.4 Å². The van der Waals surface area contributed by atoms with Crippen LogP contribution < -0.4 is 10.1 Å². The lowest BCUT2D eigenvalue weighted by atomic mass is 10.1. The van der Waals surface area contributed by atoms with Crippen molar-refractivity contribution in [2.75, 3.05) is 47.0 Å². The van der Waals surface area contributed by atoms with Gasteiger partial charge < -0.3 is 24.8 Å². The van der Waals surface area contributed by atoms with E-state index in [4.69, 9.17) is 9.47 Å². The smallest absolute Gasteiger partial charge is 0.193 e. The molecule has 0 saturated carbocycles. The van der Waals surface area contributed by atoms with Crippen molar-refractivity contribution in [1.29, 1.82) is 0 Å². The van der Waals surface area contributed by atoms with Crippen LogP contribution >= 0.6 is 24.0 Å². The van der Waals surface area contributed by atoms with Gasteiger partial charge in [0.15, 0.2) is 17.5 Å². The minimum atomic E-state index is 0. The summed E-state index contributed by atoms with van der Waals surface area (Å²) in [5.74, 6) is 2.17. The molecule has 0 spiro atoms. The van der Waals surface area contributed by atoms with Crippen LogP contribution in [0.25, 0.3) is 0 Å². The zero-order chi connectivity index (χ0) is 17.4. The largest absolute Gasteiger partial charge is 0.504 e. The highest BCUT2D eigenvalue weighted by Gasteiger charge is 2.19. The third-order valence-corrected chi connectivity index (χ3v) is 4.20. The molecule has 1 aliphatic rings. The Hall–Kier alpha value is -1.22. The van der Waals surface area contributed by atoms with Crippen LogP contribution in [-0.2, 0) is 11.2 Å². The molecule has 0 radical (unpaired) electrons. The van der Waals surface area contributed by atoms with Gasteiger partial charge in [-0.2, -0.15) is 0 Å². The number of rotatable bonds is 7.